The number of ether oxygens (including phenoxy) is 1. The Labute approximate surface area is 171 Å². The van der Waals surface area contributed by atoms with Gasteiger partial charge in [-0.05, 0) is 49.6 Å². The second-order valence-corrected chi connectivity index (χ2v) is 8.74. The van der Waals surface area contributed by atoms with E-state index in [4.69, 9.17) is 4.74 Å². The van der Waals surface area contributed by atoms with Crippen LogP contribution >= 0.6 is 0 Å². The Morgan fingerprint density at radius 2 is 1.90 bits per heavy atom. The molecule has 29 heavy (non-hydrogen) atoms. The van der Waals surface area contributed by atoms with Crippen LogP contribution in [-0.2, 0) is 14.8 Å². The van der Waals surface area contributed by atoms with E-state index < -0.39 is 27.8 Å². The normalized spacial score (nSPS) is 13.4. The molecular weight excluding hydrogens is 395 g/mol. The summed E-state index contributed by atoms with van der Waals surface area (Å²) >= 11 is 0. The molecule has 0 fully saturated rings. The van der Waals surface area contributed by atoms with Gasteiger partial charge in [0.05, 0.1) is 25.1 Å². The molecule has 2 rings (SSSR count). The van der Waals surface area contributed by atoms with Gasteiger partial charge in [0.2, 0.25) is 15.9 Å². The fourth-order valence-electron chi connectivity index (χ4n) is 3.24. The number of para-hydroxylation sites is 1. The molecule has 0 aliphatic carbocycles. The molecule has 0 saturated carbocycles. The molecule has 8 heteroatoms. The van der Waals surface area contributed by atoms with Crippen LogP contribution in [0.3, 0.4) is 0 Å². The van der Waals surface area contributed by atoms with E-state index in [0.29, 0.717) is 6.42 Å². The zero-order valence-corrected chi connectivity index (χ0v) is 18.1. The summed E-state index contributed by atoms with van der Waals surface area (Å²) in [6.45, 7) is 5.26. The zero-order valence-electron chi connectivity index (χ0n) is 17.3. The predicted octanol–water partition coefficient (Wildman–Crippen LogP) is 3.56. The first-order valence-electron chi connectivity index (χ1n) is 9.29. The van der Waals surface area contributed by atoms with Crippen molar-refractivity contribution in [3.8, 4) is 5.75 Å². The van der Waals surface area contributed by atoms with Gasteiger partial charge in [-0.25, -0.2) is 12.8 Å². The van der Waals surface area contributed by atoms with Crippen molar-refractivity contribution in [3.63, 3.8) is 0 Å². The summed E-state index contributed by atoms with van der Waals surface area (Å²) in [5.41, 5.74) is 1.64. The molecule has 2 aromatic carbocycles. The number of rotatable bonds is 8. The number of aryl methyl sites for hydroxylation is 1. The van der Waals surface area contributed by atoms with Crippen LogP contribution in [0.5, 0.6) is 5.75 Å². The number of halogens is 1. The number of hydrogen-bond donors (Lipinski definition) is 1. The molecule has 158 valence electrons. The van der Waals surface area contributed by atoms with Gasteiger partial charge in [0.25, 0.3) is 0 Å². The Morgan fingerprint density at radius 1 is 1.24 bits per heavy atom. The van der Waals surface area contributed by atoms with Gasteiger partial charge in [-0.3, -0.25) is 9.10 Å². The van der Waals surface area contributed by atoms with Crippen molar-refractivity contribution in [1.82, 2.24) is 5.32 Å². The summed E-state index contributed by atoms with van der Waals surface area (Å²) in [6, 6.07) is 9.63. The highest BCUT2D eigenvalue weighted by Gasteiger charge is 2.31. The third-order valence-electron chi connectivity index (χ3n) is 4.72. The first-order valence-corrected chi connectivity index (χ1v) is 11.1. The molecular formula is C21H27FN2O4S. The third-order valence-corrected chi connectivity index (χ3v) is 5.95. The van der Waals surface area contributed by atoms with Crippen molar-refractivity contribution in [2.24, 2.45) is 0 Å². The summed E-state index contributed by atoms with van der Waals surface area (Å²) in [5, 5.41) is 2.88. The number of carbonyl (C=O) groups is 1. The number of nitrogens with zero attached hydrogens (tertiary/aromatic N) is 1. The number of amides is 1. The summed E-state index contributed by atoms with van der Waals surface area (Å²) in [4.78, 5) is 12.9. The molecule has 2 atom stereocenters. The number of nitrogens with one attached hydrogen (secondary N) is 1. The van der Waals surface area contributed by atoms with Gasteiger partial charge in [0.15, 0.2) is 0 Å². The largest absolute Gasteiger partial charge is 0.496 e. The van der Waals surface area contributed by atoms with Crippen LogP contribution < -0.4 is 14.4 Å². The number of hydrogen-bond acceptors (Lipinski definition) is 4. The lowest BCUT2D eigenvalue weighted by atomic mass is 10.0. The fourth-order valence-corrected chi connectivity index (χ4v) is 4.42. The number of anilines is 1. The molecule has 1 N–H and O–H groups in total. The highest BCUT2D eigenvalue weighted by molar-refractivity contribution is 7.92. The van der Waals surface area contributed by atoms with Crippen LogP contribution in [0.1, 0.15) is 37.4 Å². The molecule has 0 heterocycles. The lowest BCUT2D eigenvalue weighted by molar-refractivity contribution is -0.122. The lowest BCUT2D eigenvalue weighted by Gasteiger charge is -2.30. The average Bonchev–Trinajstić information content (AvgIpc) is 2.66. The molecule has 0 saturated heterocycles. The monoisotopic (exact) mass is 422 g/mol. The number of sulfonamides is 1. The molecule has 2 aromatic rings. The van der Waals surface area contributed by atoms with E-state index in [1.54, 1.807) is 7.11 Å². The molecule has 0 aliphatic rings. The minimum Gasteiger partial charge on any atom is -0.496 e. The van der Waals surface area contributed by atoms with Gasteiger partial charge in [-0.2, -0.15) is 0 Å². The number of benzene rings is 2. The first-order chi connectivity index (χ1) is 13.6. The summed E-state index contributed by atoms with van der Waals surface area (Å²) in [6.07, 6.45) is 1.55. The topological polar surface area (TPSA) is 75.7 Å². The Bertz CT molecular complexity index is 978. The van der Waals surface area contributed by atoms with E-state index >= 15 is 0 Å². The summed E-state index contributed by atoms with van der Waals surface area (Å²) < 4.78 is 45.0. The highest BCUT2D eigenvalue weighted by atomic mass is 32.2. The molecule has 0 unspecified atom stereocenters. The average molecular weight is 423 g/mol. The SMILES string of the molecule is CC[C@H](NC(=O)[C@@H](C)N(c1ccccc1F)S(C)(=O)=O)c1ccc(OC)c(C)c1. The third kappa shape index (κ3) is 5.26. The standard InChI is InChI=1S/C21H27FN2O4S/c1-6-18(16-11-12-20(28-4)14(2)13-16)23-21(25)15(3)24(29(5,26)27)19-10-8-7-9-17(19)22/h7-13,15,18H,6H2,1-5H3,(H,23,25)/t15-,18+/m1/s1. The van der Waals surface area contributed by atoms with Gasteiger partial charge >= 0.3 is 0 Å². The Hall–Kier alpha value is -2.61. The smallest absolute Gasteiger partial charge is 0.244 e. The minimum atomic E-state index is -3.89. The lowest BCUT2D eigenvalue weighted by Crippen LogP contribution is -2.48. The van der Waals surface area contributed by atoms with Crippen molar-refractivity contribution in [2.45, 2.75) is 39.3 Å². The van der Waals surface area contributed by atoms with E-state index in [9.17, 15) is 17.6 Å². The maximum absolute atomic E-state index is 14.3. The quantitative estimate of drug-likeness (QED) is 0.706. The van der Waals surface area contributed by atoms with Crippen molar-refractivity contribution in [3.05, 3.63) is 59.4 Å². The maximum atomic E-state index is 14.3. The van der Waals surface area contributed by atoms with E-state index in [1.807, 2.05) is 32.0 Å². The number of methoxy groups -OCH3 is 1. The highest BCUT2D eigenvalue weighted by Crippen LogP contribution is 2.26. The van der Waals surface area contributed by atoms with E-state index in [2.05, 4.69) is 5.32 Å². The summed E-state index contributed by atoms with van der Waals surface area (Å²) in [5.74, 6) is -0.486. The van der Waals surface area contributed by atoms with Crippen molar-refractivity contribution in [1.29, 1.82) is 0 Å². The maximum Gasteiger partial charge on any atom is 0.244 e. The fraction of sp³-hybridized carbons (Fsp3) is 0.381. The Kier molecular flexibility index (Phi) is 7.24. The molecule has 0 bridgehead atoms. The minimum absolute atomic E-state index is 0.161. The van der Waals surface area contributed by atoms with E-state index in [0.717, 1.165) is 33.5 Å². The van der Waals surface area contributed by atoms with Crippen molar-refractivity contribution >= 4 is 21.6 Å². The van der Waals surface area contributed by atoms with Crippen LogP contribution in [-0.4, -0.2) is 33.7 Å². The summed E-state index contributed by atoms with van der Waals surface area (Å²) in [7, 11) is -2.30. The Balaban J connectivity index is 2.31. The molecule has 0 spiro atoms. The van der Waals surface area contributed by atoms with Crippen LogP contribution in [0.2, 0.25) is 0 Å². The molecule has 0 aromatic heterocycles. The number of carbonyl (C=O) groups excluding carboxylic acids is 1. The van der Waals surface area contributed by atoms with Gasteiger partial charge in [-0.15, -0.1) is 0 Å². The predicted molar refractivity (Wildman–Crippen MR) is 112 cm³/mol. The second-order valence-electron chi connectivity index (χ2n) is 6.88. The zero-order chi connectivity index (χ0) is 21.8. The van der Waals surface area contributed by atoms with Gasteiger partial charge in [0.1, 0.15) is 17.6 Å². The first kappa shape index (κ1) is 22.7. The van der Waals surface area contributed by atoms with Crippen molar-refractivity contribution in [2.75, 3.05) is 17.7 Å². The molecule has 0 aliphatic heterocycles. The van der Waals surface area contributed by atoms with Crippen LogP contribution in [0.15, 0.2) is 42.5 Å². The van der Waals surface area contributed by atoms with Crippen LogP contribution in [0.25, 0.3) is 0 Å². The van der Waals surface area contributed by atoms with Crippen LogP contribution in [0, 0.1) is 12.7 Å². The van der Waals surface area contributed by atoms with Gasteiger partial charge < -0.3 is 10.1 Å². The molecule has 1 amide bonds. The van der Waals surface area contributed by atoms with E-state index in [-0.39, 0.29) is 11.7 Å². The molecule has 6 nitrogen and oxygen atoms in total. The van der Waals surface area contributed by atoms with Gasteiger partial charge in [-0.1, -0.05) is 31.2 Å². The van der Waals surface area contributed by atoms with Crippen LogP contribution in [0.4, 0.5) is 10.1 Å². The Morgan fingerprint density at radius 3 is 2.41 bits per heavy atom. The molecule has 0 radical (unpaired) electrons. The van der Waals surface area contributed by atoms with E-state index in [1.165, 1.54) is 25.1 Å². The van der Waals surface area contributed by atoms with Gasteiger partial charge in [0, 0.05) is 0 Å². The van der Waals surface area contributed by atoms with Crippen molar-refractivity contribution < 1.29 is 22.3 Å². The second kappa shape index (κ2) is 9.26.